The Kier molecular flexibility index (Phi) is 4.30. The van der Waals surface area contributed by atoms with Gasteiger partial charge in [0.25, 0.3) is 5.91 Å². The van der Waals surface area contributed by atoms with Gasteiger partial charge in [-0.3, -0.25) is 9.59 Å². The Balaban J connectivity index is 2.42. The Morgan fingerprint density at radius 2 is 1.87 bits per heavy atom. The Morgan fingerprint density at radius 3 is 2.27 bits per heavy atom. The van der Waals surface area contributed by atoms with Crippen LogP contribution in [0.4, 0.5) is 0 Å². The summed E-state index contributed by atoms with van der Waals surface area (Å²) in [4.78, 5) is 24.0. The largest absolute Gasteiger partial charge is 0.336 e. The molecule has 0 saturated carbocycles. The lowest BCUT2D eigenvalue weighted by Crippen LogP contribution is -2.42. The van der Waals surface area contributed by atoms with Crippen molar-refractivity contribution in [3.05, 3.63) is 0 Å². The molecule has 86 valence electrons. The lowest BCUT2D eigenvalue weighted by molar-refractivity contribution is -0.144. The quantitative estimate of drug-likeness (QED) is 0.668. The van der Waals surface area contributed by atoms with Crippen molar-refractivity contribution in [3.8, 4) is 0 Å². The summed E-state index contributed by atoms with van der Waals surface area (Å²) in [7, 11) is 0. The van der Waals surface area contributed by atoms with Crippen LogP contribution >= 0.6 is 0 Å². The molecule has 0 aromatic rings. The summed E-state index contributed by atoms with van der Waals surface area (Å²) in [5.74, 6) is 0.820. The van der Waals surface area contributed by atoms with Crippen molar-refractivity contribution in [2.24, 2.45) is 11.8 Å². The first-order valence-corrected chi connectivity index (χ1v) is 5.86. The van der Waals surface area contributed by atoms with Gasteiger partial charge in [0.15, 0.2) is 0 Å². The van der Waals surface area contributed by atoms with Crippen LogP contribution in [0.2, 0.25) is 0 Å². The lowest BCUT2D eigenvalue weighted by atomic mass is 9.84. The van der Waals surface area contributed by atoms with Gasteiger partial charge in [-0.15, -0.1) is 0 Å². The van der Waals surface area contributed by atoms with E-state index < -0.39 is 0 Å². The van der Waals surface area contributed by atoms with Gasteiger partial charge in [-0.1, -0.05) is 20.3 Å². The highest BCUT2D eigenvalue weighted by Crippen LogP contribution is 2.26. The van der Waals surface area contributed by atoms with E-state index in [1.165, 1.54) is 13.3 Å². The van der Waals surface area contributed by atoms with Gasteiger partial charge in [0.05, 0.1) is 0 Å². The molecule has 1 rings (SSSR count). The number of likely N-dealkylation sites (tertiary alicyclic amines) is 1. The lowest BCUT2D eigenvalue weighted by Gasteiger charge is -2.34. The molecular weight excluding hydrogens is 190 g/mol. The van der Waals surface area contributed by atoms with Gasteiger partial charge < -0.3 is 4.90 Å². The van der Waals surface area contributed by atoms with Crippen molar-refractivity contribution in [2.75, 3.05) is 13.1 Å². The van der Waals surface area contributed by atoms with E-state index in [4.69, 9.17) is 0 Å². The molecule has 3 heteroatoms. The van der Waals surface area contributed by atoms with Crippen LogP contribution in [0.1, 0.15) is 40.0 Å². The highest BCUT2D eigenvalue weighted by atomic mass is 16.2. The van der Waals surface area contributed by atoms with Crippen LogP contribution < -0.4 is 0 Å². The highest BCUT2D eigenvalue weighted by molar-refractivity contribution is 6.35. The number of ketones is 1. The van der Waals surface area contributed by atoms with Crippen LogP contribution in [0, 0.1) is 11.8 Å². The fourth-order valence-electron chi connectivity index (χ4n) is 2.23. The summed E-state index contributed by atoms with van der Waals surface area (Å²) in [5, 5.41) is 0. The Hall–Kier alpha value is -0.860. The van der Waals surface area contributed by atoms with E-state index in [1.54, 1.807) is 4.90 Å². The summed E-state index contributed by atoms with van der Waals surface area (Å²) in [6.45, 7) is 7.34. The van der Waals surface area contributed by atoms with E-state index in [9.17, 15) is 9.59 Å². The number of amides is 1. The van der Waals surface area contributed by atoms with Crippen molar-refractivity contribution in [2.45, 2.75) is 40.0 Å². The Bertz CT molecular complexity index is 242. The maximum absolute atomic E-state index is 11.4. The van der Waals surface area contributed by atoms with Crippen LogP contribution in [0.3, 0.4) is 0 Å². The summed E-state index contributed by atoms with van der Waals surface area (Å²) < 4.78 is 0. The fourth-order valence-corrected chi connectivity index (χ4v) is 2.23. The number of hydrogen-bond acceptors (Lipinski definition) is 2. The van der Waals surface area contributed by atoms with E-state index in [-0.39, 0.29) is 11.7 Å². The maximum atomic E-state index is 11.4. The topological polar surface area (TPSA) is 37.4 Å². The van der Waals surface area contributed by atoms with Crippen molar-refractivity contribution in [3.63, 3.8) is 0 Å². The predicted molar refractivity (Wildman–Crippen MR) is 59.4 cm³/mol. The second-order valence-corrected chi connectivity index (χ2v) is 4.57. The minimum atomic E-state index is -0.336. The van der Waals surface area contributed by atoms with E-state index in [1.807, 2.05) is 0 Å². The van der Waals surface area contributed by atoms with Gasteiger partial charge in [-0.05, 0) is 24.7 Å². The van der Waals surface area contributed by atoms with Crippen molar-refractivity contribution >= 4 is 11.7 Å². The van der Waals surface area contributed by atoms with E-state index >= 15 is 0 Å². The molecule has 0 N–H and O–H groups in total. The van der Waals surface area contributed by atoms with Crippen molar-refractivity contribution in [1.29, 1.82) is 0 Å². The fraction of sp³-hybridized carbons (Fsp3) is 0.833. The number of hydrogen-bond donors (Lipinski definition) is 0. The number of piperidine rings is 1. The van der Waals surface area contributed by atoms with Crippen LogP contribution in [-0.2, 0) is 9.59 Å². The zero-order chi connectivity index (χ0) is 11.4. The zero-order valence-corrected chi connectivity index (χ0v) is 9.95. The van der Waals surface area contributed by atoms with Gasteiger partial charge in [-0.2, -0.15) is 0 Å². The number of nitrogens with zero attached hydrogens (tertiary/aromatic N) is 1. The molecule has 1 amide bonds. The van der Waals surface area contributed by atoms with Crippen LogP contribution in [0.25, 0.3) is 0 Å². The van der Waals surface area contributed by atoms with Crippen LogP contribution in [0.5, 0.6) is 0 Å². The molecule has 0 aliphatic carbocycles. The number of carbonyl (C=O) groups excluding carboxylic acids is 2. The molecule has 0 aromatic carbocycles. The first-order chi connectivity index (χ1) is 7.06. The summed E-state index contributed by atoms with van der Waals surface area (Å²) in [5.41, 5.74) is 0. The van der Waals surface area contributed by atoms with Crippen molar-refractivity contribution < 1.29 is 9.59 Å². The molecule has 1 fully saturated rings. The monoisotopic (exact) mass is 211 g/mol. The predicted octanol–water partition coefficient (Wildman–Crippen LogP) is 1.86. The third kappa shape index (κ3) is 3.05. The molecule has 1 heterocycles. The summed E-state index contributed by atoms with van der Waals surface area (Å²) in [6.07, 6.45) is 3.30. The number of rotatable bonds is 3. The molecule has 0 bridgehead atoms. The van der Waals surface area contributed by atoms with Gasteiger partial charge in [0.1, 0.15) is 0 Å². The third-order valence-corrected chi connectivity index (χ3v) is 3.58. The molecule has 1 atom stereocenters. The molecule has 3 nitrogen and oxygen atoms in total. The zero-order valence-electron chi connectivity index (χ0n) is 9.95. The minimum Gasteiger partial charge on any atom is -0.336 e. The Morgan fingerprint density at radius 1 is 1.33 bits per heavy atom. The summed E-state index contributed by atoms with van der Waals surface area (Å²) >= 11 is 0. The van der Waals surface area contributed by atoms with Crippen LogP contribution in [0.15, 0.2) is 0 Å². The second kappa shape index (κ2) is 5.29. The second-order valence-electron chi connectivity index (χ2n) is 4.57. The number of Topliss-reactive ketones (excluding diaryl/α,β-unsaturated/α-hetero) is 1. The average molecular weight is 211 g/mol. The van der Waals surface area contributed by atoms with E-state index in [2.05, 4.69) is 13.8 Å². The molecule has 0 aromatic heterocycles. The highest BCUT2D eigenvalue weighted by Gasteiger charge is 2.26. The van der Waals surface area contributed by atoms with Crippen LogP contribution in [-0.4, -0.2) is 29.7 Å². The molecular formula is C12H21NO2. The first kappa shape index (κ1) is 12.2. The molecule has 0 unspecified atom stereocenters. The smallest absolute Gasteiger partial charge is 0.289 e. The molecule has 15 heavy (non-hydrogen) atoms. The average Bonchev–Trinajstić information content (AvgIpc) is 2.27. The van der Waals surface area contributed by atoms with Gasteiger partial charge >= 0.3 is 0 Å². The molecule has 1 saturated heterocycles. The van der Waals surface area contributed by atoms with E-state index in [0.717, 1.165) is 37.8 Å². The summed E-state index contributed by atoms with van der Waals surface area (Å²) in [6, 6.07) is 0. The normalized spacial score (nSPS) is 20.1. The standard InChI is InChI=1S/C12H21NO2/c1-4-9(2)11-5-7-13(8-6-11)12(15)10(3)14/h9,11H,4-8H2,1-3H3/t9-/m0/s1. The number of carbonyl (C=O) groups is 2. The third-order valence-electron chi connectivity index (χ3n) is 3.58. The Labute approximate surface area is 91.8 Å². The molecule has 1 aliphatic heterocycles. The first-order valence-electron chi connectivity index (χ1n) is 5.86. The molecule has 0 spiro atoms. The molecule has 1 aliphatic rings. The van der Waals surface area contributed by atoms with E-state index in [0.29, 0.717) is 0 Å². The van der Waals surface area contributed by atoms with Gasteiger partial charge in [0.2, 0.25) is 5.78 Å². The van der Waals surface area contributed by atoms with Gasteiger partial charge in [-0.25, -0.2) is 0 Å². The SMILES string of the molecule is CC[C@H](C)C1CCN(C(=O)C(C)=O)CC1. The van der Waals surface area contributed by atoms with Gasteiger partial charge in [0, 0.05) is 20.0 Å². The molecule has 0 radical (unpaired) electrons. The maximum Gasteiger partial charge on any atom is 0.289 e. The van der Waals surface area contributed by atoms with Crippen molar-refractivity contribution in [1.82, 2.24) is 4.90 Å². The minimum absolute atomic E-state index is 0.308.